The third-order valence-corrected chi connectivity index (χ3v) is 7.32. The molecule has 0 spiro atoms. The highest BCUT2D eigenvalue weighted by molar-refractivity contribution is 5.89. The zero-order valence-electron chi connectivity index (χ0n) is 17.6. The van der Waals surface area contributed by atoms with Crippen molar-refractivity contribution in [2.24, 2.45) is 28.1 Å². The first-order chi connectivity index (χ1) is 12.5. The highest BCUT2D eigenvalue weighted by Gasteiger charge is 2.57. The van der Waals surface area contributed by atoms with Crippen LogP contribution in [0.5, 0.6) is 5.75 Å². The van der Waals surface area contributed by atoms with Crippen LogP contribution in [0.25, 0.3) is 0 Å². The third kappa shape index (κ3) is 3.66. The van der Waals surface area contributed by atoms with Crippen molar-refractivity contribution in [3.8, 4) is 5.75 Å². The smallest absolute Gasteiger partial charge is 0.338 e. The monoisotopic (exact) mass is 370 g/mol. The van der Waals surface area contributed by atoms with Crippen LogP contribution in [0.2, 0.25) is 0 Å². The maximum atomic E-state index is 12.9. The number of rotatable bonds is 3. The number of esters is 1. The Morgan fingerprint density at radius 3 is 2.30 bits per heavy atom. The van der Waals surface area contributed by atoms with E-state index in [9.17, 15) is 9.90 Å². The van der Waals surface area contributed by atoms with E-state index in [1.807, 2.05) is 0 Å². The summed E-state index contributed by atoms with van der Waals surface area (Å²) in [5.41, 5.74) is 0.672. The van der Waals surface area contributed by atoms with Gasteiger partial charge >= 0.3 is 5.97 Å². The molecule has 1 aromatic rings. The standard InChI is InChI=1S/C24H34O3/c1-16(2)24(6)14-13-23(5)12-11-22(3,4)15-19(20(23)24)27-21(26)17-7-9-18(25)10-8-17/h7-12,16,19-20,25H,13-15H2,1-6H3/t19-,20?,23-,24-/m0/s1. The predicted octanol–water partition coefficient (Wildman–Crippen LogP) is 5.98. The van der Waals surface area contributed by atoms with Gasteiger partial charge in [0.25, 0.3) is 0 Å². The van der Waals surface area contributed by atoms with Crippen molar-refractivity contribution in [3.05, 3.63) is 42.0 Å². The molecule has 2 aliphatic carbocycles. The minimum atomic E-state index is -0.293. The topological polar surface area (TPSA) is 46.5 Å². The molecule has 27 heavy (non-hydrogen) atoms. The van der Waals surface area contributed by atoms with Crippen molar-refractivity contribution >= 4 is 5.97 Å². The fourth-order valence-electron chi connectivity index (χ4n) is 5.32. The Labute approximate surface area is 163 Å². The summed E-state index contributed by atoms with van der Waals surface area (Å²) >= 11 is 0. The van der Waals surface area contributed by atoms with Gasteiger partial charge in [-0.15, -0.1) is 0 Å². The molecule has 0 aromatic heterocycles. The number of ether oxygens (including phenoxy) is 1. The van der Waals surface area contributed by atoms with Crippen LogP contribution in [-0.4, -0.2) is 17.2 Å². The number of fused-ring (bicyclic) bond motifs is 1. The summed E-state index contributed by atoms with van der Waals surface area (Å²) in [6.45, 7) is 13.8. The first-order valence-electron chi connectivity index (χ1n) is 10.2. The predicted molar refractivity (Wildman–Crippen MR) is 109 cm³/mol. The number of aromatic hydroxyl groups is 1. The van der Waals surface area contributed by atoms with Crippen LogP contribution in [0.3, 0.4) is 0 Å². The van der Waals surface area contributed by atoms with Gasteiger partial charge in [-0.05, 0) is 65.7 Å². The molecule has 2 aliphatic rings. The molecule has 0 bridgehead atoms. The number of hydrogen-bond donors (Lipinski definition) is 1. The molecular formula is C24H34O3. The summed E-state index contributed by atoms with van der Waals surface area (Å²) < 4.78 is 6.20. The molecule has 3 nitrogen and oxygen atoms in total. The van der Waals surface area contributed by atoms with Crippen molar-refractivity contribution < 1.29 is 14.6 Å². The normalized spacial score (nSPS) is 34.9. The second-order valence-electron chi connectivity index (χ2n) is 10.2. The quantitative estimate of drug-likeness (QED) is 0.526. The van der Waals surface area contributed by atoms with E-state index in [4.69, 9.17) is 4.74 Å². The summed E-state index contributed by atoms with van der Waals surface area (Å²) in [5.74, 6) is 0.679. The largest absolute Gasteiger partial charge is 0.508 e. The molecule has 1 aromatic carbocycles. The first-order valence-corrected chi connectivity index (χ1v) is 10.2. The Balaban J connectivity index is 1.97. The molecule has 3 rings (SSSR count). The molecule has 1 unspecified atom stereocenters. The SMILES string of the molecule is CC(C)[C@]1(C)CC[C@]2(C)C=CC(C)(C)C[C@H](OC(=O)c3ccc(O)cc3)C12. The molecule has 0 saturated heterocycles. The number of phenols is 1. The lowest BCUT2D eigenvalue weighted by Gasteiger charge is -2.45. The highest BCUT2D eigenvalue weighted by atomic mass is 16.5. The second kappa shape index (κ2) is 6.68. The minimum Gasteiger partial charge on any atom is -0.508 e. The maximum absolute atomic E-state index is 12.9. The van der Waals surface area contributed by atoms with Crippen molar-refractivity contribution in [2.45, 2.75) is 66.9 Å². The van der Waals surface area contributed by atoms with Crippen molar-refractivity contribution in [1.29, 1.82) is 0 Å². The molecule has 4 atom stereocenters. The van der Waals surface area contributed by atoms with Gasteiger partial charge in [0.15, 0.2) is 0 Å². The van der Waals surface area contributed by atoms with E-state index in [0.717, 1.165) is 19.3 Å². The van der Waals surface area contributed by atoms with Crippen molar-refractivity contribution in [1.82, 2.24) is 0 Å². The molecule has 3 heteroatoms. The van der Waals surface area contributed by atoms with Gasteiger partial charge in [0.1, 0.15) is 11.9 Å². The van der Waals surface area contributed by atoms with E-state index in [-0.39, 0.29) is 34.1 Å². The molecule has 1 saturated carbocycles. The number of carbonyl (C=O) groups is 1. The molecule has 0 radical (unpaired) electrons. The zero-order valence-corrected chi connectivity index (χ0v) is 17.6. The fraction of sp³-hybridized carbons (Fsp3) is 0.625. The number of hydrogen-bond acceptors (Lipinski definition) is 3. The molecule has 1 N–H and O–H groups in total. The summed E-state index contributed by atoms with van der Waals surface area (Å²) in [4.78, 5) is 12.9. The number of phenolic OH excluding ortho intramolecular Hbond substituents is 1. The molecule has 0 amide bonds. The highest BCUT2D eigenvalue weighted by Crippen LogP contribution is 2.62. The number of allylic oxidation sites excluding steroid dienone is 2. The lowest BCUT2D eigenvalue weighted by atomic mass is 9.62. The summed E-state index contributed by atoms with van der Waals surface area (Å²) in [6, 6.07) is 6.33. The Hall–Kier alpha value is -1.77. The van der Waals surface area contributed by atoms with Crippen molar-refractivity contribution in [3.63, 3.8) is 0 Å². The molecule has 148 valence electrons. The van der Waals surface area contributed by atoms with E-state index >= 15 is 0 Å². The van der Waals surface area contributed by atoms with Gasteiger partial charge in [-0.25, -0.2) is 4.79 Å². The Morgan fingerprint density at radius 1 is 1.07 bits per heavy atom. The maximum Gasteiger partial charge on any atom is 0.338 e. The van der Waals surface area contributed by atoms with Gasteiger partial charge in [0.2, 0.25) is 0 Å². The van der Waals surface area contributed by atoms with E-state index < -0.39 is 0 Å². The lowest BCUT2D eigenvalue weighted by Crippen LogP contribution is -2.44. The number of benzene rings is 1. The van der Waals surface area contributed by atoms with E-state index in [2.05, 4.69) is 53.7 Å². The van der Waals surface area contributed by atoms with Crippen LogP contribution < -0.4 is 0 Å². The average molecular weight is 371 g/mol. The Kier molecular flexibility index (Phi) is 4.95. The van der Waals surface area contributed by atoms with Crippen LogP contribution in [0.15, 0.2) is 36.4 Å². The summed E-state index contributed by atoms with van der Waals surface area (Å²) in [6.07, 6.45) is 7.72. The number of carbonyl (C=O) groups excluding carboxylic acids is 1. The average Bonchev–Trinajstić information content (AvgIpc) is 2.80. The molecule has 1 fully saturated rings. The first kappa shape index (κ1) is 20.0. The third-order valence-electron chi connectivity index (χ3n) is 7.32. The van der Waals surface area contributed by atoms with E-state index in [1.54, 1.807) is 12.1 Å². The zero-order chi connectivity index (χ0) is 20.0. The van der Waals surface area contributed by atoms with E-state index in [1.165, 1.54) is 12.1 Å². The fourth-order valence-corrected chi connectivity index (χ4v) is 5.32. The van der Waals surface area contributed by atoms with Crippen molar-refractivity contribution in [2.75, 3.05) is 0 Å². The lowest BCUT2D eigenvalue weighted by molar-refractivity contribution is -0.0486. The Morgan fingerprint density at radius 2 is 1.70 bits per heavy atom. The van der Waals surface area contributed by atoms with Gasteiger partial charge in [0, 0.05) is 5.92 Å². The van der Waals surface area contributed by atoms with Gasteiger partial charge in [-0.3, -0.25) is 0 Å². The van der Waals surface area contributed by atoms with Crippen LogP contribution in [0.1, 0.15) is 71.2 Å². The van der Waals surface area contributed by atoms with Crippen LogP contribution in [-0.2, 0) is 4.74 Å². The minimum absolute atomic E-state index is 0.00879. The van der Waals surface area contributed by atoms with Crippen LogP contribution in [0, 0.1) is 28.1 Å². The van der Waals surface area contributed by atoms with Gasteiger partial charge < -0.3 is 9.84 Å². The van der Waals surface area contributed by atoms with Crippen LogP contribution in [0.4, 0.5) is 0 Å². The molecular weight excluding hydrogens is 336 g/mol. The molecule has 0 aliphatic heterocycles. The second-order valence-corrected chi connectivity index (χ2v) is 10.2. The van der Waals surface area contributed by atoms with Crippen LogP contribution >= 0.6 is 0 Å². The van der Waals surface area contributed by atoms with Gasteiger partial charge in [-0.1, -0.05) is 53.7 Å². The van der Waals surface area contributed by atoms with Gasteiger partial charge in [0.05, 0.1) is 5.56 Å². The Bertz CT molecular complexity index is 730. The summed E-state index contributed by atoms with van der Waals surface area (Å²) in [7, 11) is 0. The van der Waals surface area contributed by atoms with Gasteiger partial charge in [-0.2, -0.15) is 0 Å². The molecule has 0 heterocycles. The summed E-state index contributed by atoms with van der Waals surface area (Å²) in [5, 5.41) is 9.49. The van der Waals surface area contributed by atoms with E-state index in [0.29, 0.717) is 17.4 Å².